The van der Waals surface area contributed by atoms with Crippen molar-refractivity contribution in [2.45, 2.75) is 38.1 Å². The highest BCUT2D eigenvalue weighted by Crippen LogP contribution is 2.26. The van der Waals surface area contributed by atoms with Gasteiger partial charge in [0, 0.05) is 37.6 Å². The Labute approximate surface area is 158 Å². The van der Waals surface area contributed by atoms with Crippen LogP contribution >= 0.6 is 0 Å². The summed E-state index contributed by atoms with van der Waals surface area (Å²) < 4.78 is 10.6. The first kappa shape index (κ1) is 18.0. The maximum absolute atomic E-state index is 12.9. The lowest BCUT2D eigenvalue weighted by Gasteiger charge is -2.40. The zero-order valence-corrected chi connectivity index (χ0v) is 15.8. The van der Waals surface area contributed by atoms with Gasteiger partial charge in [-0.1, -0.05) is 31.4 Å². The molecule has 0 atom stereocenters. The molecular weight excluding hydrogens is 344 g/mol. The summed E-state index contributed by atoms with van der Waals surface area (Å²) in [6, 6.07) is 7.66. The van der Waals surface area contributed by atoms with Crippen molar-refractivity contribution in [1.82, 2.24) is 9.80 Å². The highest BCUT2D eigenvalue weighted by molar-refractivity contribution is 5.97. The summed E-state index contributed by atoms with van der Waals surface area (Å²) in [5, 5.41) is 0.693. The van der Waals surface area contributed by atoms with E-state index in [1.807, 2.05) is 12.1 Å². The number of nitrogens with zero attached hydrogens (tertiary/aromatic N) is 2. The van der Waals surface area contributed by atoms with Crippen molar-refractivity contribution < 1.29 is 13.9 Å². The Bertz CT molecular complexity index is 877. The Morgan fingerprint density at radius 1 is 1.11 bits per heavy atom. The van der Waals surface area contributed by atoms with Crippen LogP contribution in [0.15, 0.2) is 33.5 Å². The third-order valence-corrected chi connectivity index (χ3v) is 5.87. The fourth-order valence-electron chi connectivity index (χ4n) is 4.33. The number of para-hydroxylation sites is 1. The topological polar surface area (TPSA) is 63.0 Å². The van der Waals surface area contributed by atoms with Crippen molar-refractivity contribution in [2.75, 3.05) is 33.3 Å². The summed E-state index contributed by atoms with van der Waals surface area (Å²) in [5.41, 5.74) is -0.128. The normalized spacial score (nSPS) is 19.4. The van der Waals surface area contributed by atoms with Crippen LogP contribution in [0.4, 0.5) is 0 Å². The van der Waals surface area contributed by atoms with Gasteiger partial charge in [0.25, 0.3) is 5.91 Å². The lowest BCUT2D eigenvalue weighted by molar-refractivity contribution is 0.0520. The van der Waals surface area contributed by atoms with E-state index in [0.29, 0.717) is 35.9 Å². The zero-order valence-electron chi connectivity index (χ0n) is 15.8. The highest BCUT2D eigenvalue weighted by Gasteiger charge is 2.29. The van der Waals surface area contributed by atoms with E-state index < -0.39 is 5.63 Å². The summed E-state index contributed by atoms with van der Waals surface area (Å²) in [5.74, 6) is 0.251. The van der Waals surface area contributed by atoms with E-state index in [2.05, 4.69) is 4.90 Å². The molecule has 0 bridgehead atoms. The number of carbonyl (C=O) groups excluding carboxylic acids is 1. The predicted molar refractivity (Wildman–Crippen MR) is 103 cm³/mol. The van der Waals surface area contributed by atoms with Crippen molar-refractivity contribution in [1.29, 1.82) is 0 Å². The molecule has 1 aliphatic carbocycles. The van der Waals surface area contributed by atoms with Crippen molar-refractivity contribution in [3.8, 4) is 5.75 Å². The molecule has 6 nitrogen and oxygen atoms in total. The summed E-state index contributed by atoms with van der Waals surface area (Å²) >= 11 is 0. The monoisotopic (exact) mass is 370 g/mol. The number of methoxy groups -OCH3 is 1. The largest absolute Gasteiger partial charge is 0.493 e. The molecule has 1 amide bonds. The molecule has 2 heterocycles. The van der Waals surface area contributed by atoms with Gasteiger partial charge >= 0.3 is 5.63 Å². The number of piperazine rings is 1. The highest BCUT2D eigenvalue weighted by atomic mass is 16.5. The molecule has 2 aliphatic rings. The van der Waals surface area contributed by atoms with Gasteiger partial charge in [0.1, 0.15) is 5.56 Å². The van der Waals surface area contributed by atoms with Gasteiger partial charge in [-0.25, -0.2) is 4.79 Å². The van der Waals surface area contributed by atoms with Gasteiger partial charge in [0.05, 0.1) is 7.11 Å². The number of benzene rings is 1. The number of ether oxygens (including phenoxy) is 1. The number of fused-ring (bicyclic) bond motifs is 1. The minimum absolute atomic E-state index is 0.0990. The number of hydrogen-bond donors (Lipinski definition) is 0. The van der Waals surface area contributed by atoms with Gasteiger partial charge in [-0.2, -0.15) is 0 Å². The first-order valence-electron chi connectivity index (χ1n) is 9.81. The van der Waals surface area contributed by atoms with Crippen LogP contribution in [0.3, 0.4) is 0 Å². The molecule has 1 aromatic carbocycles. The molecule has 2 fully saturated rings. The van der Waals surface area contributed by atoms with Gasteiger partial charge in [-0.05, 0) is 25.0 Å². The van der Waals surface area contributed by atoms with Crippen LogP contribution in [0.1, 0.15) is 42.5 Å². The predicted octanol–water partition coefficient (Wildman–Crippen LogP) is 2.89. The first-order chi connectivity index (χ1) is 13.2. The lowest BCUT2D eigenvalue weighted by Crippen LogP contribution is -2.52. The molecule has 6 heteroatoms. The molecule has 4 rings (SSSR count). The lowest BCUT2D eigenvalue weighted by atomic mass is 9.94. The molecule has 144 valence electrons. The molecule has 2 aromatic rings. The van der Waals surface area contributed by atoms with E-state index in [-0.39, 0.29) is 11.5 Å². The maximum Gasteiger partial charge on any atom is 0.349 e. The van der Waals surface area contributed by atoms with Gasteiger partial charge in [-0.3, -0.25) is 9.69 Å². The molecule has 0 unspecified atom stereocenters. The van der Waals surface area contributed by atoms with E-state index in [9.17, 15) is 9.59 Å². The number of hydrogen-bond acceptors (Lipinski definition) is 5. The molecule has 1 saturated carbocycles. The molecule has 27 heavy (non-hydrogen) atoms. The van der Waals surface area contributed by atoms with Crippen molar-refractivity contribution in [3.63, 3.8) is 0 Å². The van der Waals surface area contributed by atoms with E-state index in [1.165, 1.54) is 39.2 Å². The minimum atomic E-state index is -0.605. The molecule has 0 radical (unpaired) electrons. The van der Waals surface area contributed by atoms with E-state index in [4.69, 9.17) is 9.15 Å². The fraction of sp³-hybridized carbons (Fsp3) is 0.524. The summed E-state index contributed by atoms with van der Waals surface area (Å²) in [6.07, 6.45) is 6.50. The molecule has 0 N–H and O–H groups in total. The van der Waals surface area contributed by atoms with Crippen LogP contribution in [0.2, 0.25) is 0 Å². The third kappa shape index (κ3) is 3.58. The van der Waals surface area contributed by atoms with Crippen LogP contribution in [-0.4, -0.2) is 55.0 Å². The van der Waals surface area contributed by atoms with Crippen molar-refractivity contribution in [2.24, 2.45) is 0 Å². The van der Waals surface area contributed by atoms with Gasteiger partial charge in [0.15, 0.2) is 11.3 Å². The third-order valence-electron chi connectivity index (χ3n) is 5.87. The minimum Gasteiger partial charge on any atom is -0.493 e. The van der Waals surface area contributed by atoms with Crippen molar-refractivity contribution in [3.05, 3.63) is 40.2 Å². The van der Waals surface area contributed by atoms with E-state index in [1.54, 1.807) is 17.0 Å². The Hall–Kier alpha value is -2.34. The van der Waals surface area contributed by atoms with Crippen LogP contribution < -0.4 is 10.4 Å². The zero-order chi connectivity index (χ0) is 18.8. The molecule has 1 aromatic heterocycles. The molecular formula is C21H26N2O4. The van der Waals surface area contributed by atoms with Crippen LogP contribution in [-0.2, 0) is 0 Å². The summed E-state index contributed by atoms with van der Waals surface area (Å²) in [7, 11) is 1.53. The molecule has 1 aliphatic heterocycles. The standard InChI is InChI=1S/C21H26N2O4/c1-26-18-9-5-6-15-14-17(21(25)27-19(15)18)20(24)23-12-10-22(11-13-23)16-7-3-2-4-8-16/h5-6,9,14,16H,2-4,7-8,10-13H2,1H3. The molecule has 1 saturated heterocycles. The van der Waals surface area contributed by atoms with Crippen LogP contribution in [0, 0.1) is 0 Å². The Balaban J connectivity index is 1.50. The summed E-state index contributed by atoms with van der Waals surface area (Å²) in [6.45, 7) is 3.07. The quantitative estimate of drug-likeness (QED) is 0.778. The van der Waals surface area contributed by atoms with Gasteiger partial charge in [-0.15, -0.1) is 0 Å². The Morgan fingerprint density at radius 2 is 1.85 bits per heavy atom. The summed E-state index contributed by atoms with van der Waals surface area (Å²) in [4.78, 5) is 29.6. The smallest absolute Gasteiger partial charge is 0.349 e. The Morgan fingerprint density at radius 3 is 2.56 bits per heavy atom. The fourth-order valence-corrected chi connectivity index (χ4v) is 4.33. The second-order valence-corrected chi connectivity index (χ2v) is 7.45. The maximum atomic E-state index is 12.9. The second-order valence-electron chi connectivity index (χ2n) is 7.45. The van der Waals surface area contributed by atoms with Gasteiger partial charge in [0.2, 0.25) is 0 Å². The van der Waals surface area contributed by atoms with E-state index >= 15 is 0 Å². The second kappa shape index (κ2) is 7.72. The van der Waals surface area contributed by atoms with E-state index in [0.717, 1.165) is 13.1 Å². The first-order valence-corrected chi connectivity index (χ1v) is 9.81. The van der Waals surface area contributed by atoms with Crippen molar-refractivity contribution >= 4 is 16.9 Å². The molecule has 0 spiro atoms. The SMILES string of the molecule is COc1cccc2cc(C(=O)N3CCN(C4CCCCC4)CC3)c(=O)oc12. The Kier molecular flexibility index (Phi) is 5.16. The average molecular weight is 370 g/mol. The van der Waals surface area contributed by atoms with Crippen LogP contribution in [0.25, 0.3) is 11.0 Å². The van der Waals surface area contributed by atoms with Gasteiger partial charge < -0.3 is 14.1 Å². The number of amides is 1. The number of rotatable bonds is 3. The number of carbonyl (C=O) groups is 1. The van der Waals surface area contributed by atoms with Crippen LogP contribution in [0.5, 0.6) is 5.75 Å². The average Bonchev–Trinajstić information content (AvgIpc) is 2.73.